The molecular formula is C7H15Br. The number of alkyl halides is 1. The van der Waals surface area contributed by atoms with E-state index in [-0.39, 0.29) is 6.42 Å². The summed E-state index contributed by atoms with van der Waals surface area (Å²) in [7, 11) is 0. The number of rotatable bonds is 5. The van der Waals surface area contributed by atoms with Crippen molar-refractivity contribution in [1.82, 2.24) is 0 Å². The molecular weight excluding hydrogens is 164 g/mol. The van der Waals surface area contributed by atoms with E-state index in [9.17, 15) is 0 Å². The summed E-state index contributed by atoms with van der Waals surface area (Å²) in [6.45, 7) is 1.77. The molecule has 1 unspecified atom stereocenters. The SMILES string of the molecule is [2H]C(CCC)C([2H])([2H])C([2H])([2H])C([2H])([2H])Br. The van der Waals surface area contributed by atoms with Crippen LogP contribution < -0.4 is 0 Å². The number of hydrogen-bond donors (Lipinski definition) is 0. The summed E-state index contributed by atoms with van der Waals surface area (Å²) in [5, 5.41) is -2.49. The first-order valence-corrected chi connectivity index (χ1v) is 3.39. The van der Waals surface area contributed by atoms with Crippen molar-refractivity contribution in [2.45, 2.75) is 38.9 Å². The summed E-state index contributed by atoms with van der Waals surface area (Å²) >= 11 is 2.49. The van der Waals surface area contributed by atoms with Crippen molar-refractivity contribution in [1.29, 1.82) is 0 Å². The zero-order valence-electron chi connectivity index (χ0n) is 11.9. The van der Waals surface area contributed by atoms with Gasteiger partial charge >= 0.3 is 0 Å². The average molecular weight is 186 g/mol. The van der Waals surface area contributed by atoms with Gasteiger partial charge in [-0.2, -0.15) is 0 Å². The molecule has 1 heteroatoms. The molecule has 0 heterocycles. The molecule has 0 bridgehead atoms. The molecule has 8 heavy (non-hydrogen) atoms. The van der Waals surface area contributed by atoms with E-state index in [2.05, 4.69) is 15.9 Å². The van der Waals surface area contributed by atoms with Gasteiger partial charge in [0.1, 0.15) is 0 Å². The lowest BCUT2D eigenvalue weighted by molar-refractivity contribution is 0.660. The molecule has 0 fully saturated rings. The number of hydrogen-bond acceptors (Lipinski definition) is 0. The van der Waals surface area contributed by atoms with Gasteiger partial charge in [0.15, 0.2) is 0 Å². The van der Waals surface area contributed by atoms with Crippen LogP contribution in [0.4, 0.5) is 0 Å². The summed E-state index contributed by atoms with van der Waals surface area (Å²) < 4.78 is 51.8. The highest BCUT2D eigenvalue weighted by Gasteiger charge is 1.84. The van der Waals surface area contributed by atoms with Crippen molar-refractivity contribution in [3.8, 4) is 0 Å². The van der Waals surface area contributed by atoms with E-state index < -0.39 is 24.4 Å². The summed E-state index contributed by atoms with van der Waals surface area (Å²) in [5.74, 6) is 0. The maximum atomic E-state index is 7.53. The first kappa shape index (κ1) is 2.26. The van der Waals surface area contributed by atoms with E-state index in [1.54, 1.807) is 6.92 Å². The second-order valence-corrected chi connectivity index (χ2v) is 1.75. The van der Waals surface area contributed by atoms with Crippen LogP contribution >= 0.6 is 15.9 Å². The second-order valence-electron chi connectivity index (χ2n) is 1.36. The topological polar surface area (TPSA) is 0 Å². The standard InChI is InChI=1S/C7H15Br/c1-2-3-4-5-6-7-8/h2-7H2,1H3/i4D,5D2,6D2,7D2. The maximum absolute atomic E-state index is 7.53. The fourth-order valence-electron chi connectivity index (χ4n) is 0.295. The van der Waals surface area contributed by atoms with Crippen molar-refractivity contribution in [3.63, 3.8) is 0 Å². The Balaban J connectivity index is 5.00. The van der Waals surface area contributed by atoms with Gasteiger partial charge in [-0.1, -0.05) is 48.5 Å². The molecule has 0 aromatic carbocycles. The fourth-order valence-corrected chi connectivity index (χ4v) is 0.409. The molecule has 0 aliphatic carbocycles. The van der Waals surface area contributed by atoms with E-state index in [0.717, 1.165) is 0 Å². The predicted octanol–water partition coefficient (Wildman–Crippen LogP) is 3.35. The molecule has 0 saturated carbocycles. The van der Waals surface area contributed by atoms with Gasteiger partial charge in [0.25, 0.3) is 0 Å². The summed E-state index contributed by atoms with van der Waals surface area (Å²) in [6.07, 6.45) is -5.78. The molecule has 0 nitrogen and oxygen atoms in total. The molecule has 0 aromatic rings. The van der Waals surface area contributed by atoms with E-state index in [1.807, 2.05) is 0 Å². The minimum absolute atomic E-state index is 0.204. The Morgan fingerprint density at radius 2 is 2.25 bits per heavy atom. The van der Waals surface area contributed by atoms with Gasteiger partial charge in [-0.25, -0.2) is 0 Å². The first-order chi connectivity index (χ1) is 6.48. The Hall–Kier alpha value is 0.480. The Morgan fingerprint density at radius 1 is 1.50 bits per heavy atom. The summed E-state index contributed by atoms with van der Waals surface area (Å²) in [4.78, 5) is 0. The van der Waals surface area contributed by atoms with Crippen LogP contribution in [-0.4, -0.2) is 5.28 Å². The van der Waals surface area contributed by atoms with Gasteiger partial charge in [-0.15, -0.1) is 0 Å². The van der Waals surface area contributed by atoms with E-state index in [1.165, 1.54) is 0 Å². The molecule has 0 N–H and O–H groups in total. The third-order valence-corrected chi connectivity index (χ3v) is 0.853. The van der Waals surface area contributed by atoms with Crippen LogP contribution in [0.25, 0.3) is 0 Å². The van der Waals surface area contributed by atoms with Crippen molar-refractivity contribution < 1.29 is 9.60 Å². The van der Waals surface area contributed by atoms with Crippen LogP contribution in [0.1, 0.15) is 48.5 Å². The van der Waals surface area contributed by atoms with Crippen LogP contribution in [0, 0.1) is 0 Å². The van der Waals surface area contributed by atoms with Crippen LogP contribution in [0.3, 0.4) is 0 Å². The van der Waals surface area contributed by atoms with Crippen molar-refractivity contribution in [3.05, 3.63) is 0 Å². The third kappa shape index (κ3) is 6.48. The monoisotopic (exact) mass is 185 g/mol. The summed E-state index contributed by atoms with van der Waals surface area (Å²) in [6, 6.07) is 0. The Morgan fingerprint density at radius 3 is 2.75 bits per heavy atom. The average Bonchev–Trinajstić information content (AvgIpc) is 2.02. The molecule has 0 aliphatic rings. The van der Waals surface area contributed by atoms with Gasteiger partial charge < -0.3 is 0 Å². The predicted molar refractivity (Wildman–Crippen MR) is 42.6 cm³/mol. The van der Waals surface area contributed by atoms with Crippen molar-refractivity contribution in [2.75, 3.05) is 5.28 Å². The highest BCUT2D eigenvalue weighted by molar-refractivity contribution is 9.09. The van der Waals surface area contributed by atoms with Crippen molar-refractivity contribution >= 4 is 15.9 Å². The molecule has 0 amide bonds. The van der Waals surface area contributed by atoms with Crippen LogP contribution in [0.15, 0.2) is 0 Å². The molecule has 0 rings (SSSR count). The Bertz CT molecular complexity index is 210. The highest BCUT2D eigenvalue weighted by atomic mass is 79.9. The molecule has 0 aromatic heterocycles. The lowest BCUT2D eigenvalue weighted by atomic mass is 10.2. The van der Waals surface area contributed by atoms with Gasteiger partial charge in [0, 0.05) is 14.9 Å². The van der Waals surface area contributed by atoms with Crippen LogP contribution in [0.5, 0.6) is 0 Å². The third-order valence-electron chi connectivity index (χ3n) is 0.654. The highest BCUT2D eigenvalue weighted by Crippen LogP contribution is 2.03. The van der Waals surface area contributed by atoms with Gasteiger partial charge in [-0.05, 0) is 6.37 Å². The normalized spacial score (nSPS) is 32.0. The largest absolute Gasteiger partial charge is 0.0928 e. The first-order valence-electron chi connectivity index (χ1n) is 6.17. The van der Waals surface area contributed by atoms with Gasteiger partial charge in [-0.3, -0.25) is 0 Å². The molecule has 0 saturated heterocycles. The lowest BCUT2D eigenvalue weighted by Crippen LogP contribution is -1.76. The quantitative estimate of drug-likeness (QED) is 0.577. The van der Waals surface area contributed by atoms with Crippen LogP contribution in [-0.2, 0) is 0 Å². The molecule has 1 atom stereocenters. The van der Waals surface area contributed by atoms with E-state index >= 15 is 0 Å². The minimum Gasteiger partial charge on any atom is -0.0928 e. The zero-order chi connectivity index (χ0) is 12.5. The summed E-state index contributed by atoms with van der Waals surface area (Å²) in [5.41, 5.74) is 0. The van der Waals surface area contributed by atoms with Crippen molar-refractivity contribution in [2.24, 2.45) is 0 Å². The van der Waals surface area contributed by atoms with Gasteiger partial charge in [0.2, 0.25) is 0 Å². The molecule has 0 radical (unpaired) electrons. The minimum atomic E-state index is -2.75. The smallest absolute Gasteiger partial charge is 0.0387 e. The van der Waals surface area contributed by atoms with Crippen LogP contribution in [0.2, 0.25) is 0 Å². The van der Waals surface area contributed by atoms with Gasteiger partial charge in [0.05, 0.1) is 0 Å². The molecule has 0 spiro atoms. The fraction of sp³-hybridized carbons (Fsp3) is 1.00. The van der Waals surface area contributed by atoms with E-state index in [0.29, 0.717) is 6.42 Å². The second kappa shape index (κ2) is 7.48. The lowest BCUT2D eigenvalue weighted by Gasteiger charge is -1.93. The Labute approximate surface area is 70.6 Å². The zero-order valence-corrected chi connectivity index (χ0v) is 6.46. The molecule has 0 aliphatic heterocycles. The Kier molecular flexibility index (Phi) is 2.12. The molecule has 50 valence electrons. The maximum Gasteiger partial charge on any atom is 0.0387 e. The number of halogens is 1. The van der Waals surface area contributed by atoms with E-state index in [4.69, 9.17) is 9.60 Å².